The van der Waals surface area contributed by atoms with Gasteiger partial charge in [0, 0.05) is 55.0 Å². The van der Waals surface area contributed by atoms with Crippen LogP contribution >= 0.6 is 0 Å². The van der Waals surface area contributed by atoms with E-state index in [0.717, 1.165) is 33.8 Å². The Morgan fingerprint density at radius 3 is 1.76 bits per heavy atom. The molecule has 16 rings (SSSR count). The normalized spacial score (nSPS) is 14.3. The fraction of sp³-hybridized carbons (Fsp3) is 0.0278. The molecule has 0 saturated heterocycles. The third-order valence-corrected chi connectivity index (χ3v) is 16.7. The van der Waals surface area contributed by atoms with Crippen molar-refractivity contribution in [2.75, 3.05) is 4.90 Å². The van der Waals surface area contributed by atoms with Gasteiger partial charge in [0.05, 0.1) is 39.1 Å². The smallest absolute Gasteiger partial charge is 0.0782 e. The third-order valence-electron chi connectivity index (χ3n) is 16.7. The highest BCUT2D eigenvalue weighted by Gasteiger charge is 2.45. The Bertz CT molecular complexity index is 4660. The van der Waals surface area contributed by atoms with Crippen molar-refractivity contribution in [3.63, 3.8) is 0 Å². The molecule has 1 atom stereocenters. The third kappa shape index (κ3) is 5.92. The standard InChI is InChI=1S/C72H47N3/c1-72(51-38-35-47-21-8-9-22-49(47)43-51)61-42-41-59-56-27-12-16-32-65(56)75-66-33-17-13-28-57(66)60-44-50(45-62(72)68(60)69(61)71(59)75)54-25-10-14-30-63(54)73(53-39-36-48(37-40-53)46-19-4-2-5-20-46)67-34-18-29-58-55-26-11-15-31-64(55)74(70(58)67)52-23-6-3-7-24-52/h2-45H,1H3. The van der Waals surface area contributed by atoms with E-state index >= 15 is 0 Å². The minimum absolute atomic E-state index is 0.495. The number of para-hydroxylation sites is 6. The molecule has 0 saturated carbocycles. The molecular formula is C72H47N3. The lowest BCUT2D eigenvalue weighted by Crippen LogP contribution is -2.22. The Balaban J connectivity index is 1.01. The topological polar surface area (TPSA) is 13.1 Å². The van der Waals surface area contributed by atoms with Crippen molar-refractivity contribution in [2.24, 2.45) is 0 Å². The van der Waals surface area contributed by atoms with Crippen LogP contribution in [0.5, 0.6) is 0 Å². The summed E-state index contributed by atoms with van der Waals surface area (Å²) in [7, 11) is 0. The molecule has 14 aromatic rings. The molecule has 0 bridgehead atoms. The van der Waals surface area contributed by atoms with Crippen LogP contribution in [0.15, 0.2) is 267 Å². The molecular weight excluding hydrogens is 907 g/mol. The van der Waals surface area contributed by atoms with Crippen molar-refractivity contribution in [3.8, 4) is 55.9 Å². The van der Waals surface area contributed by atoms with Crippen LogP contribution in [0, 0.1) is 0 Å². The van der Waals surface area contributed by atoms with Crippen molar-refractivity contribution >= 4 is 71.4 Å². The van der Waals surface area contributed by atoms with Crippen LogP contribution in [0.25, 0.3) is 110 Å². The Morgan fingerprint density at radius 2 is 0.960 bits per heavy atom. The summed E-state index contributed by atoms with van der Waals surface area (Å²) in [5.74, 6) is 0. The molecule has 3 nitrogen and oxygen atoms in total. The number of rotatable bonds is 7. The Kier molecular flexibility index (Phi) is 8.88. The van der Waals surface area contributed by atoms with E-state index in [4.69, 9.17) is 0 Å². The lowest BCUT2D eigenvalue weighted by atomic mass is 9.72. The van der Waals surface area contributed by atoms with Crippen LogP contribution in [0.4, 0.5) is 17.1 Å². The van der Waals surface area contributed by atoms with Crippen molar-refractivity contribution in [1.29, 1.82) is 0 Å². The van der Waals surface area contributed by atoms with E-state index in [0.29, 0.717) is 0 Å². The van der Waals surface area contributed by atoms with Gasteiger partial charge >= 0.3 is 0 Å². The molecule has 0 amide bonds. The Labute approximate surface area is 435 Å². The maximum absolute atomic E-state index is 2.57. The molecule has 1 unspecified atom stereocenters. The van der Waals surface area contributed by atoms with Crippen LogP contribution in [0.2, 0.25) is 0 Å². The number of benzene rings is 12. The molecule has 75 heavy (non-hydrogen) atoms. The van der Waals surface area contributed by atoms with Gasteiger partial charge in [-0.15, -0.1) is 0 Å². The van der Waals surface area contributed by atoms with Crippen LogP contribution in [-0.4, -0.2) is 9.13 Å². The number of aromatic nitrogens is 2. The van der Waals surface area contributed by atoms with Gasteiger partial charge in [-0.3, -0.25) is 0 Å². The van der Waals surface area contributed by atoms with Gasteiger partial charge in [0.25, 0.3) is 0 Å². The van der Waals surface area contributed by atoms with Crippen LogP contribution < -0.4 is 4.90 Å². The van der Waals surface area contributed by atoms with E-state index in [1.807, 2.05) is 0 Å². The van der Waals surface area contributed by atoms with Crippen molar-refractivity contribution in [2.45, 2.75) is 12.3 Å². The number of nitrogens with zero attached hydrogens (tertiary/aromatic N) is 3. The van der Waals surface area contributed by atoms with Gasteiger partial charge in [-0.25, -0.2) is 0 Å². The molecule has 3 heterocycles. The molecule has 12 aromatic carbocycles. The van der Waals surface area contributed by atoms with E-state index in [1.165, 1.54) is 110 Å². The lowest BCUT2D eigenvalue weighted by Gasteiger charge is -2.31. The van der Waals surface area contributed by atoms with Crippen LogP contribution in [-0.2, 0) is 5.41 Å². The van der Waals surface area contributed by atoms with Gasteiger partial charge in [-0.05, 0) is 135 Å². The van der Waals surface area contributed by atoms with Gasteiger partial charge < -0.3 is 14.0 Å². The van der Waals surface area contributed by atoms with Crippen molar-refractivity contribution in [3.05, 3.63) is 284 Å². The molecule has 0 fully saturated rings. The zero-order chi connectivity index (χ0) is 49.4. The minimum atomic E-state index is -0.495. The maximum Gasteiger partial charge on any atom is 0.0782 e. The first-order chi connectivity index (χ1) is 37.1. The van der Waals surface area contributed by atoms with Gasteiger partial charge in [0.1, 0.15) is 0 Å². The molecule has 0 spiro atoms. The summed E-state index contributed by atoms with van der Waals surface area (Å²) in [6.45, 7) is 2.48. The number of hydrogen-bond acceptors (Lipinski definition) is 1. The largest absolute Gasteiger partial charge is 0.308 e. The fourth-order valence-corrected chi connectivity index (χ4v) is 13.3. The highest BCUT2D eigenvalue weighted by molar-refractivity contribution is 6.20. The second-order valence-corrected chi connectivity index (χ2v) is 20.5. The van der Waals surface area contributed by atoms with Crippen molar-refractivity contribution < 1.29 is 0 Å². The van der Waals surface area contributed by atoms with E-state index in [-0.39, 0.29) is 0 Å². The molecule has 350 valence electrons. The zero-order valence-corrected chi connectivity index (χ0v) is 41.2. The fourth-order valence-electron chi connectivity index (χ4n) is 13.3. The number of hydrogen-bond donors (Lipinski definition) is 0. The second kappa shape index (κ2) is 15.9. The summed E-state index contributed by atoms with van der Waals surface area (Å²) < 4.78 is 5.02. The molecule has 2 aromatic heterocycles. The summed E-state index contributed by atoms with van der Waals surface area (Å²) in [5.41, 5.74) is 23.7. The number of fused-ring (bicyclic) bond motifs is 10. The first-order valence-electron chi connectivity index (χ1n) is 26.1. The predicted molar refractivity (Wildman–Crippen MR) is 315 cm³/mol. The molecule has 2 aliphatic rings. The van der Waals surface area contributed by atoms with Crippen molar-refractivity contribution in [1.82, 2.24) is 9.13 Å². The zero-order valence-electron chi connectivity index (χ0n) is 41.2. The van der Waals surface area contributed by atoms with E-state index < -0.39 is 5.41 Å². The summed E-state index contributed by atoms with van der Waals surface area (Å²) in [6, 6.07) is 99.4. The van der Waals surface area contributed by atoms with E-state index in [9.17, 15) is 0 Å². The summed E-state index contributed by atoms with van der Waals surface area (Å²) in [5, 5.41) is 7.48. The second-order valence-electron chi connectivity index (χ2n) is 20.5. The number of anilines is 3. The highest BCUT2D eigenvalue weighted by Crippen LogP contribution is 2.61. The SMILES string of the molecule is CC1(c2ccc3ccccc3c2)c2cc(-c3ccccc3N(c3ccc(-c4ccccc4)cc3)c3cccc4c5ccccc5n(-c5ccccc5)c34)cc3c2-c2c1ccc1c4ccccc4n(c21)-c1ccccc1-3. The summed E-state index contributed by atoms with van der Waals surface area (Å²) in [4.78, 5) is 2.52. The first-order valence-corrected chi connectivity index (χ1v) is 26.1. The maximum atomic E-state index is 2.57. The van der Waals surface area contributed by atoms with Gasteiger partial charge in [-0.2, -0.15) is 0 Å². The summed E-state index contributed by atoms with van der Waals surface area (Å²) >= 11 is 0. The minimum Gasteiger partial charge on any atom is -0.308 e. The van der Waals surface area contributed by atoms with E-state index in [1.54, 1.807) is 0 Å². The quantitative estimate of drug-likeness (QED) is 0.155. The lowest BCUT2D eigenvalue weighted by molar-refractivity contribution is 0.716. The molecule has 1 aliphatic heterocycles. The van der Waals surface area contributed by atoms with Gasteiger partial charge in [0.15, 0.2) is 0 Å². The highest BCUT2D eigenvalue weighted by atomic mass is 15.2. The molecule has 3 heteroatoms. The average molecular weight is 954 g/mol. The van der Waals surface area contributed by atoms with Gasteiger partial charge in [0.2, 0.25) is 0 Å². The Morgan fingerprint density at radius 1 is 0.347 bits per heavy atom. The molecule has 0 N–H and O–H groups in total. The first kappa shape index (κ1) is 41.9. The van der Waals surface area contributed by atoms with Crippen LogP contribution in [0.1, 0.15) is 23.6 Å². The van der Waals surface area contributed by atoms with Crippen LogP contribution in [0.3, 0.4) is 0 Å². The molecule has 0 radical (unpaired) electrons. The summed E-state index contributed by atoms with van der Waals surface area (Å²) in [6.07, 6.45) is 0. The Hall–Kier alpha value is -9.70. The average Bonchev–Trinajstić information content (AvgIpc) is 4.14. The van der Waals surface area contributed by atoms with E-state index in [2.05, 4.69) is 288 Å². The molecule has 1 aliphatic carbocycles. The predicted octanol–water partition coefficient (Wildman–Crippen LogP) is 19.2. The van der Waals surface area contributed by atoms with Gasteiger partial charge in [-0.1, -0.05) is 194 Å². The monoisotopic (exact) mass is 953 g/mol.